The molecule has 140 valence electrons. The minimum atomic E-state index is -4.46. The lowest BCUT2D eigenvalue weighted by atomic mass is 10.2. The van der Waals surface area contributed by atoms with Gasteiger partial charge in [0.05, 0.1) is 5.56 Å². The molecule has 0 fully saturated rings. The number of ether oxygens (including phenoxy) is 1. The molecule has 0 saturated heterocycles. The van der Waals surface area contributed by atoms with Crippen LogP contribution in [-0.4, -0.2) is 24.8 Å². The van der Waals surface area contributed by atoms with E-state index in [1.807, 2.05) is 0 Å². The summed E-state index contributed by atoms with van der Waals surface area (Å²) in [5.41, 5.74) is -0.239. The van der Waals surface area contributed by atoms with Gasteiger partial charge in [0.1, 0.15) is 11.6 Å². The van der Waals surface area contributed by atoms with Gasteiger partial charge in [-0.3, -0.25) is 4.79 Å². The number of hydrogen-bond donors (Lipinski definition) is 1. The van der Waals surface area contributed by atoms with Gasteiger partial charge in [-0.15, -0.1) is 0 Å². The van der Waals surface area contributed by atoms with Crippen molar-refractivity contribution in [1.29, 1.82) is 0 Å². The van der Waals surface area contributed by atoms with Crippen LogP contribution in [0.1, 0.15) is 11.1 Å². The number of benzene rings is 2. The Morgan fingerprint density at radius 2 is 1.88 bits per heavy atom. The molecule has 2 aromatic rings. The van der Waals surface area contributed by atoms with Crippen LogP contribution in [0.4, 0.5) is 17.6 Å². The SMILES string of the molecule is O=C(COc1cccc(C(F)(F)F)c1)NCCSCc1ccccc1F. The highest BCUT2D eigenvalue weighted by Crippen LogP contribution is 2.31. The van der Waals surface area contributed by atoms with Gasteiger partial charge < -0.3 is 10.1 Å². The fourth-order valence-corrected chi connectivity index (χ4v) is 2.87. The van der Waals surface area contributed by atoms with Crippen molar-refractivity contribution in [2.45, 2.75) is 11.9 Å². The molecule has 0 aliphatic heterocycles. The van der Waals surface area contributed by atoms with Gasteiger partial charge in [-0.1, -0.05) is 24.3 Å². The van der Waals surface area contributed by atoms with Crippen molar-refractivity contribution in [1.82, 2.24) is 5.32 Å². The molecule has 0 unspecified atom stereocenters. The van der Waals surface area contributed by atoms with Crippen LogP contribution in [0.15, 0.2) is 48.5 Å². The van der Waals surface area contributed by atoms with Crippen molar-refractivity contribution >= 4 is 17.7 Å². The van der Waals surface area contributed by atoms with Crippen molar-refractivity contribution in [3.8, 4) is 5.75 Å². The zero-order valence-electron chi connectivity index (χ0n) is 13.7. The zero-order valence-corrected chi connectivity index (χ0v) is 14.5. The molecule has 0 radical (unpaired) electrons. The Balaban J connectivity index is 1.66. The lowest BCUT2D eigenvalue weighted by Crippen LogP contribution is -2.30. The highest BCUT2D eigenvalue weighted by molar-refractivity contribution is 7.98. The third-order valence-corrected chi connectivity index (χ3v) is 4.32. The highest BCUT2D eigenvalue weighted by atomic mass is 32.2. The van der Waals surface area contributed by atoms with Crippen LogP contribution in [0.2, 0.25) is 0 Å². The predicted octanol–water partition coefficient (Wildman–Crippen LogP) is 4.27. The Hall–Kier alpha value is -2.22. The molecule has 1 N–H and O–H groups in total. The molecule has 0 aromatic heterocycles. The van der Waals surface area contributed by atoms with Gasteiger partial charge in [-0.25, -0.2) is 4.39 Å². The zero-order chi connectivity index (χ0) is 19.0. The van der Waals surface area contributed by atoms with Crippen molar-refractivity contribution in [3.05, 3.63) is 65.5 Å². The second kappa shape index (κ2) is 9.47. The summed E-state index contributed by atoms with van der Waals surface area (Å²) in [5, 5.41) is 2.60. The maximum Gasteiger partial charge on any atom is 0.416 e. The maximum absolute atomic E-state index is 13.4. The maximum atomic E-state index is 13.4. The molecule has 26 heavy (non-hydrogen) atoms. The first kappa shape index (κ1) is 20.1. The van der Waals surface area contributed by atoms with Gasteiger partial charge in [0.15, 0.2) is 6.61 Å². The number of alkyl halides is 3. The highest BCUT2D eigenvalue weighted by Gasteiger charge is 2.30. The molecule has 0 heterocycles. The summed E-state index contributed by atoms with van der Waals surface area (Å²) < 4.78 is 56.3. The van der Waals surface area contributed by atoms with E-state index >= 15 is 0 Å². The Morgan fingerprint density at radius 3 is 2.62 bits per heavy atom. The van der Waals surface area contributed by atoms with Crippen LogP contribution < -0.4 is 10.1 Å². The Kier molecular flexibility index (Phi) is 7.32. The van der Waals surface area contributed by atoms with Crippen LogP contribution >= 0.6 is 11.8 Å². The van der Waals surface area contributed by atoms with E-state index in [1.165, 1.54) is 30.0 Å². The number of rotatable bonds is 8. The summed E-state index contributed by atoms with van der Waals surface area (Å²) in [6.07, 6.45) is -4.46. The van der Waals surface area contributed by atoms with Crippen molar-refractivity contribution in [2.75, 3.05) is 18.9 Å². The minimum absolute atomic E-state index is 0.0242. The summed E-state index contributed by atoms with van der Waals surface area (Å²) in [4.78, 5) is 11.7. The summed E-state index contributed by atoms with van der Waals surface area (Å²) >= 11 is 1.46. The number of amides is 1. The number of carbonyl (C=O) groups is 1. The summed E-state index contributed by atoms with van der Waals surface area (Å²) in [6, 6.07) is 10.8. The number of thioether (sulfide) groups is 1. The van der Waals surface area contributed by atoms with Crippen molar-refractivity contribution < 1.29 is 27.1 Å². The van der Waals surface area contributed by atoms with Gasteiger partial charge >= 0.3 is 6.18 Å². The summed E-state index contributed by atoms with van der Waals surface area (Å²) in [7, 11) is 0. The van der Waals surface area contributed by atoms with Crippen molar-refractivity contribution in [2.24, 2.45) is 0 Å². The van der Waals surface area contributed by atoms with Crippen LogP contribution in [0.25, 0.3) is 0 Å². The van der Waals surface area contributed by atoms with Gasteiger partial charge in [0.2, 0.25) is 0 Å². The van der Waals surface area contributed by atoms with E-state index in [9.17, 15) is 22.4 Å². The van der Waals surface area contributed by atoms with E-state index in [2.05, 4.69) is 5.32 Å². The molecule has 0 aliphatic carbocycles. The van der Waals surface area contributed by atoms with Gasteiger partial charge in [-0.2, -0.15) is 24.9 Å². The number of nitrogens with one attached hydrogen (secondary N) is 1. The molecule has 3 nitrogen and oxygen atoms in total. The standard InChI is InChI=1S/C18H17F4NO2S/c19-16-7-2-1-4-13(16)12-26-9-8-23-17(24)11-25-15-6-3-5-14(10-15)18(20,21)22/h1-7,10H,8-9,11-12H2,(H,23,24). The average molecular weight is 387 g/mol. The monoisotopic (exact) mass is 387 g/mol. The molecular formula is C18H17F4NO2S. The first-order valence-corrected chi connectivity index (χ1v) is 8.89. The molecule has 2 aromatic carbocycles. The number of carbonyl (C=O) groups excluding carboxylic acids is 1. The van der Waals surface area contributed by atoms with Crippen LogP contribution in [0.3, 0.4) is 0 Å². The normalized spacial score (nSPS) is 11.2. The van der Waals surface area contributed by atoms with Crippen molar-refractivity contribution in [3.63, 3.8) is 0 Å². The summed E-state index contributed by atoms with van der Waals surface area (Å²) in [6.45, 7) is -0.0246. The van der Waals surface area contributed by atoms with Crippen LogP contribution in [0, 0.1) is 5.82 Å². The molecule has 8 heteroatoms. The fraction of sp³-hybridized carbons (Fsp3) is 0.278. The largest absolute Gasteiger partial charge is 0.484 e. The third kappa shape index (κ3) is 6.59. The van der Waals surface area contributed by atoms with Gasteiger partial charge in [-0.05, 0) is 29.8 Å². The Morgan fingerprint density at radius 1 is 1.12 bits per heavy atom. The van der Waals surface area contributed by atoms with Gasteiger partial charge in [0.25, 0.3) is 5.91 Å². The van der Waals surface area contributed by atoms with E-state index in [4.69, 9.17) is 4.74 Å². The topological polar surface area (TPSA) is 38.3 Å². The smallest absolute Gasteiger partial charge is 0.416 e. The second-order valence-electron chi connectivity index (χ2n) is 5.31. The van der Waals surface area contributed by atoms with E-state index in [0.717, 1.165) is 12.1 Å². The summed E-state index contributed by atoms with van der Waals surface area (Å²) in [5.74, 6) is 0.337. The Bertz CT molecular complexity index is 737. The molecule has 0 atom stereocenters. The van der Waals surface area contributed by atoms with E-state index < -0.39 is 17.6 Å². The molecule has 0 saturated carbocycles. The Labute approximate surface area is 152 Å². The average Bonchev–Trinajstić information content (AvgIpc) is 2.61. The van der Waals surface area contributed by atoms with E-state index in [0.29, 0.717) is 23.6 Å². The van der Waals surface area contributed by atoms with E-state index in [-0.39, 0.29) is 18.2 Å². The molecule has 2 rings (SSSR count). The molecule has 0 spiro atoms. The predicted molar refractivity (Wildman–Crippen MR) is 92.5 cm³/mol. The molecule has 0 aliphatic rings. The van der Waals surface area contributed by atoms with Crippen LogP contribution in [0.5, 0.6) is 5.75 Å². The first-order valence-electron chi connectivity index (χ1n) is 7.74. The third-order valence-electron chi connectivity index (χ3n) is 3.32. The first-order chi connectivity index (χ1) is 12.4. The molecule has 0 bridgehead atoms. The quantitative estimate of drug-likeness (QED) is 0.543. The molecular weight excluding hydrogens is 370 g/mol. The number of hydrogen-bond acceptors (Lipinski definition) is 3. The minimum Gasteiger partial charge on any atom is -0.484 e. The number of halogens is 4. The van der Waals surface area contributed by atoms with Crippen LogP contribution in [-0.2, 0) is 16.7 Å². The van der Waals surface area contributed by atoms with Gasteiger partial charge in [0, 0.05) is 18.1 Å². The lowest BCUT2D eigenvalue weighted by Gasteiger charge is -2.10. The second-order valence-corrected chi connectivity index (χ2v) is 6.41. The lowest BCUT2D eigenvalue weighted by molar-refractivity contribution is -0.137. The van der Waals surface area contributed by atoms with E-state index in [1.54, 1.807) is 18.2 Å². The molecule has 1 amide bonds. The fourth-order valence-electron chi connectivity index (χ4n) is 2.02.